The van der Waals surface area contributed by atoms with Crippen molar-refractivity contribution in [1.82, 2.24) is 5.32 Å². The summed E-state index contributed by atoms with van der Waals surface area (Å²) in [6.45, 7) is 5.39. The van der Waals surface area contributed by atoms with Gasteiger partial charge in [-0.25, -0.2) is 0 Å². The lowest BCUT2D eigenvalue weighted by Crippen LogP contribution is -2.22. The SMILES string of the molecule is CCOc1ccccc1OCCNCCCCCCO. The molecule has 0 saturated carbocycles. The van der Waals surface area contributed by atoms with Gasteiger partial charge in [0.05, 0.1) is 6.61 Å². The number of nitrogens with one attached hydrogen (secondary N) is 1. The molecule has 0 aliphatic carbocycles. The Morgan fingerprint density at radius 3 is 2.35 bits per heavy atom. The molecule has 20 heavy (non-hydrogen) atoms. The van der Waals surface area contributed by atoms with Gasteiger partial charge in [0.1, 0.15) is 6.61 Å². The normalized spacial score (nSPS) is 10.5. The monoisotopic (exact) mass is 281 g/mol. The van der Waals surface area contributed by atoms with Crippen molar-refractivity contribution in [2.45, 2.75) is 32.6 Å². The van der Waals surface area contributed by atoms with E-state index in [4.69, 9.17) is 14.6 Å². The summed E-state index contributed by atoms with van der Waals surface area (Å²) >= 11 is 0. The first-order valence-electron chi connectivity index (χ1n) is 7.54. The number of aliphatic hydroxyl groups is 1. The van der Waals surface area contributed by atoms with Crippen molar-refractivity contribution in [2.24, 2.45) is 0 Å². The predicted octanol–water partition coefficient (Wildman–Crippen LogP) is 2.61. The molecule has 0 aliphatic heterocycles. The number of aliphatic hydroxyl groups excluding tert-OH is 1. The van der Waals surface area contributed by atoms with Crippen molar-refractivity contribution in [1.29, 1.82) is 0 Å². The maximum absolute atomic E-state index is 8.67. The highest BCUT2D eigenvalue weighted by Gasteiger charge is 2.02. The Morgan fingerprint density at radius 2 is 1.65 bits per heavy atom. The minimum Gasteiger partial charge on any atom is -0.490 e. The minimum atomic E-state index is 0.306. The van der Waals surface area contributed by atoms with Gasteiger partial charge >= 0.3 is 0 Å². The van der Waals surface area contributed by atoms with Crippen LogP contribution in [0.1, 0.15) is 32.6 Å². The number of para-hydroxylation sites is 2. The Kier molecular flexibility index (Phi) is 9.70. The van der Waals surface area contributed by atoms with Crippen molar-refractivity contribution in [3.63, 3.8) is 0 Å². The number of benzene rings is 1. The first-order chi connectivity index (χ1) is 9.88. The molecule has 114 valence electrons. The van der Waals surface area contributed by atoms with E-state index in [1.807, 2.05) is 31.2 Å². The highest BCUT2D eigenvalue weighted by Crippen LogP contribution is 2.25. The van der Waals surface area contributed by atoms with Crippen LogP contribution in [0.3, 0.4) is 0 Å². The molecule has 1 aromatic carbocycles. The van der Waals surface area contributed by atoms with Gasteiger partial charge < -0.3 is 19.9 Å². The lowest BCUT2D eigenvalue weighted by molar-refractivity contribution is 0.274. The molecule has 0 spiro atoms. The largest absolute Gasteiger partial charge is 0.490 e. The molecule has 0 fully saturated rings. The predicted molar refractivity (Wildman–Crippen MR) is 81.5 cm³/mol. The molecule has 0 saturated heterocycles. The summed E-state index contributed by atoms with van der Waals surface area (Å²) in [6, 6.07) is 7.75. The summed E-state index contributed by atoms with van der Waals surface area (Å²) in [5.74, 6) is 1.61. The van der Waals surface area contributed by atoms with Crippen LogP contribution in [0.25, 0.3) is 0 Å². The molecule has 0 aliphatic rings. The van der Waals surface area contributed by atoms with E-state index in [0.717, 1.165) is 43.9 Å². The second-order valence-corrected chi connectivity index (χ2v) is 4.62. The van der Waals surface area contributed by atoms with Crippen LogP contribution >= 0.6 is 0 Å². The van der Waals surface area contributed by atoms with Crippen LogP contribution in [0.15, 0.2) is 24.3 Å². The lowest BCUT2D eigenvalue weighted by Gasteiger charge is -2.11. The highest BCUT2D eigenvalue weighted by atomic mass is 16.5. The molecule has 1 aromatic rings. The third-order valence-electron chi connectivity index (χ3n) is 2.95. The fourth-order valence-electron chi connectivity index (χ4n) is 1.92. The molecular weight excluding hydrogens is 254 g/mol. The summed E-state index contributed by atoms with van der Waals surface area (Å²) < 4.78 is 11.2. The maximum atomic E-state index is 8.67. The first kappa shape index (κ1) is 16.8. The van der Waals surface area contributed by atoms with Crippen LogP contribution in [0.4, 0.5) is 0 Å². The van der Waals surface area contributed by atoms with Crippen LogP contribution in [0.2, 0.25) is 0 Å². The fourth-order valence-corrected chi connectivity index (χ4v) is 1.92. The third-order valence-corrected chi connectivity index (χ3v) is 2.95. The Labute approximate surface area is 122 Å². The summed E-state index contributed by atoms with van der Waals surface area (Å²) in [5, 5.41) is 12.0. The molecule has 1 rings (SSSR count). The summed E-state index contributed by atoms with van der Waals surface area (Å²) in [4.78, 5) is 0. The van der Waals surface area contributed by atoms with E-state index in [0.29, 0.717) is 19.8 Å². The van der Waals surface area contributed by atoms with Crippen LogP contribution in [0.5, 0.6) is 11.5 Å². The highest BCUT2D eigenvalue weighted by molar-refractivity contribution is 5.39. The van der Waals surface area contributed by atoms with Gasteiger partial charge in [-0.05, 0) is 38.4 Å². The van der Waals surface area contributed by atoms with Crippen molar-refractivity contribution in [2.75, 3.05) is 32.9 Å². The summed E-state index contributed by atoms with van der Waals surface area (Å²) in [6.07, 6.45) is 4.34. The number of hydrogen-bond donors (Lipinski definition) is 2. The van der Waals surface area contributed by atoms with Crippen LogP contribution in [-0.4, -0.2) is 38.0 Å². The van der Waals surface area contributed by atoms with E-state index >= 15 is 0 Å². The third kappa shape index (κ3) is 7.36. The first-order valence-corrected chi connectivity index (χ1v) is 7.54. The standard InChI is InChI=1S/C16H27NO3/c1-2-19-15-9-5-6-10-16(15)20-14-12-17-11-7-3-4-8-13-18/h5-6,9-10,17-18H,2-4,7-8,11-14H2,1H3. The van der Waals surface area contributed by atoms with Gasteiger partial charge in [-0.2, -0.15) is 0 Å². The van der Waals surface area contributed by atoms with Gasteiger partial charge in [0, 0.05) is 13.2 Å². The molecule has 4 heteroatoms. The molecule has 0 atom stereocenters. The van der Waals surface area contributed by atoms with E-state index in [1.54, 1.807) is 0 Å². The smallest absolute Gasteiger partial charge is 0.161 e. The zero-order valence-corrected chi connectivity index (χ0v) is 12.4. The Balaban J connectivity index is 2.06. The van der Waals surface area contributed by atoms with Crippen LogP contribution in [-0.2, 0) is 0 Å². The Morgan fingerprint density at radius 1 is 0.950 bits per heavy atom. The molecule has 4 nitrogen and oxygen atoms in total. The molecular formula is C16H27NO3. The fraction of sp³-hybridized carbons (Fsp3) is 0.625. The molecule has 0 heterocycles. The van der Waals surface area contributed by atoms with Gasteiger partial charge in [0.15, 0.2) is 11.5 Å². The quantitative estimate of drug-likeness (QED) is 0.578. The molecule has 0 aromatic heterocycles. The lowest BCUT2D eigenvalue weighted by atomic mass is 10.2. The Hall–Kier alpha value is -1.26. The molecule has 2 N–H and O–H groups in total. The second-order valence-electron chi connectivity index (χ2n) is 4.62. The Bertz CT molecular complexity index is 344. The minimum absolute atomic E-state index is 0.306. The molecule has 0 radical (unpaired) electrons. The van der Waals surface area contributed by atoms with Gasteiger partial charge in [0.2, 0.25) is 0 Å². The van der Waals surface area contributed by atoms with E-state index in [1.165, 1.54) is 6.42 Å². The molecule has 0 unspecified atom stereocenters. The number of hydrogen-bond acceptors (Lipinski definition) is 4. The van der Waals surface area contributed by atoms with Gasteiger partial charge in [-0.1, -0.05) is 25.0 Å². The van der Waals surface area contributed by atoms with Crippen LogP contribution < -0.4 is 14.8 Å². The van der Waals surface area contributed by atoms with E-state index < -0.39 is 0 Å². The number of rotatable bonds is 12. The number of ether oxygens (including phenoxy) is 2. The van der Waals surface area contributed by atoms with E-state index in [9.17, 15) is 0 Å². The van der Waals surface area contributed by atoms with Gasteiger partial charge in [-0.15, -0.1) is 0 Å². The zero-order valence-electron chi connectivity index (χ0n) is 12.4. The van der Waals surface area contributed by atoms with Crippen molar-refractivity contribution < 1.29 is 14.6 Å². The van der Waals surface area contributed by atoms with Crippen LogP contribution in [0, 0.1) is 0 Å². The molecule has 0 amide bonds. The van der Waals surface area contributed by atoms with Gasteiger partial charge in [0.25, 0.3) is 0 Å². The average Bonchev–Trinajstić information content (AvgIpc) is 2.47. The van der Waals surface area contributed by atoms with Crippen molar-refractivity contribution in [3.05, 3.63) is 24.3 Å². The van der Waals surface area contributed by atoms with E-state index in [-0.39, 0.29) is 0 Å². The van der Waals surface area contributed by atoms with Crippen molar-refractivity contribution in [3.8, 4) is 11.5 Å². The van der Waals surface area contributed by atoms with Gasteiger partial charge in [-0.3, -0.25) is 0 Å². The maximum Gasteiger partial charge on any atom is 0.161 e. The topological polar surface area (TPSA) is 50.7 Å². The summed E-state index contributed by atoms with van der Waals surface area (Å²) in [5.41, 5.74) is 0. The summed E-state index contributed by atoms with van der Waals surface area (Å²) in [7, 11) is 0. The van der Waals surface area contributed by atoms with Crippen molar-refractivity contribution >= 4 is 0 Å². The number of unbranched alkanes of at least 4 members (excludes halogenated alkanes) is 3. The zero-order chi connectivity index (χ0) is 14.5. The second kappa shape index (κ2) is 11.6. The average molecular weight is 281 g/mol. The molecule has 0 bridgehead atoms. The van der Waals surface area contributed by atoms with E-state index in [2.05, 4.69) is 5.32 Å².